The second-order valence-corrected chi connectivity index (χ2v) is 5.17. The Bertz CT molecular complexity index is 627. The summed E-state index contributed by atoms with van der Waals surface area (Å²) in [5, 5.41) is -0.463. The molecule has 1 atom stereocenters. The van der Waals surface area contributed by atoms with Crippen LogP contribution in [0.3, 0.4) is 0 Å². The Morgan fingerprint density at radius 2 is 2.10 bits per heavy atom. The maximum absolute atomic E-state index is 12.3. The van der Waals surface area contributed by atoms with Crippen molar-refractivity contribution in [1.29, 1.82) is 0 Å². The Kier molecular flexibility index (Phi) is 4.55. The van der Waals surface area contributed by atoms with Crippen LogP contribution in [-0.2, 0) is 6.54 Å². The lowest BCUT2D eigenvalue weighted by Gasteiger charge is -2.11. The van der Waals surface area contributed by atoms with Gasteiger partial charge < -0.3 is 9.30 Å². The second kappa shape index (κ2) is 6.05. The van der Waals surface area contributed by atoms with Crippen molar-refractivity contribution in [2.45, 2.75) is 37.9 Å². The van der Waals surface area contributed by atoms with Crippen LogP contribution in [0.5, 0.6) is 5.88 Å². The number of ether oxygens (including phenoxy) is 1. The first kappa shape index (κ1) is 15.8. The minimum Gasteiger partial charge on any atom is -0.479 e. The van der Waals surface area contributed by atoms with Gasteiger partial charge in [0.2, 0.25) is 5.88 Å². The molecule has 0 bridgehead atoms. The van der Waals surface area contributed by atoms with E-state index in [1.165, 1.54) is 13.4 Å². The van der Waals surface area contributed by atoms with E-state index in [0.29, 0.717) is 17.0 Å². The highest BCUT2D eigenvalue weighted by atomic mass is 35.5. The molecule has 0 spiro atoms. The summed E-state index contributed by atoms with van der Waals surface area (Å²) < 4.78 is 43.5. The number of imidazole rings is 1. The van der Waals surface area contributed by atoms with Crippen LogP contribution in [0.2, 0.25) is 0 Å². The quantitative estimate of drug-likeness (QED) is 0.791. The van der Waals surface area contributed by atoms with Gasteiger partial charge in [-0.1, -0.05) is 0 Å². The molecule has 21 heavy (non-hydrogen) atoms. The molecule has 9 heteroatoms. The molecule has 0 aliphatic heterocycles. The molecule has 2 aromatic rings. The highest BCUT2D eigenvalue weighted by Gasteiger charge is 2.27. The fraction of sp³-hybridized carbons (Fsp3) is 0.583. The molecule has 2 aromatic heterocycles. The monoisotopic (exact) mass is 322 g/mol. The van der Waals surface area contributed by atoms with Crippen LogP contribution in [0.4, 0.5) is 13.2 Å². The van der Waals surface area contributed by atoms with E-state index < -0.39 is 18.0 Å². The minimum atomic E-state index is -4.18. The molecular formula is C12H14ClF3N4O. The van der Waals surface area contributed by atoms with Gasteiger partial charge in [-0.3, -0.25) is 0 Å². The van der Waals surface area contributed by atoms with E-state index in [-0.39, 0.29) is 18.8 Å². The molecule has 0 saturated heterocycles. The van der Waals surface area contributed by atoms with Crippen molar-refractivity contribution < 1.29 is 17.9 Å². The first-order valence-corrected chi connectivity index (χ1v) is 6.73. The van der Waals surface area contributed by atoms with Crippen molar-refractivity contribution >= 4 is 22.8 Å². The van der Waals surface area contributed by atoms with Crippen molar-refractivity contribution in [3.05, 3.63) is 12.2 Å². The maximum Gasteiger partial charge on any atom is 0.389 e. The van der Waals surface area contributed by atoms with Crippen LogP contribution in [0.15, 0.2) is 6.33 Å². The molecule has 0 N–H and O–H groups in total. The number of aromatic nitrogens is 4. The van der Waals surface area contributed by atoms with Gasteiger partial charge in [0.25, 0.3) is 0 Å². The highest BCUT2D eigenvalue weighted by molar-refractivity contribution is 6.20. The normalized spacial score (nSPS) is 13.6. The molecule has 5 nitrogen and oxygen atoms in total. The van der Waals surface area contributed by atoms with E-state index in [2.05, 4.69) is 15.0 Å². The fourth-order valence-electron chi connectivity index (χ4n) is 2.04. The standard InChI is InChI=1S/C12H14ClF3N4O/c1-7(13)9-19-8-10(17-6-18-11(8)21-2)20(9)5-3-4-12(14,15)16/h6-7H,3-5H2,1-2H3. The largest absolute Gasteiger partial charge is 0.479 e. The van der Waals surface area contributed by atoms with Gasteiger partial charge in [-0.15, -0.1) is 11.6 Å². The van der Waals surface area contributed by atoms with E-state index in [1.54, 1.807) is 11.5 Å². The molecule has 116 valence electrons. The molecule has 0 radical (unpaired) electrons. The molecule has 2 heterocycles. The zero-order valence-electron chi connectivity index (χ0n) is 11.5. The molecule has 2 rings (SSSR count). The fourth-order valence-corrected chi connectivity index (χ4v) is 2.21. The van der Waals surface area contributed by atoms with Crippen LogP contribution in [0.1, 0.15) is 31.0 Å². The van der Waals surface area contributed by atoms with Crippen molar-refractivity contribution in [3.8, 4) is 5.88 Å². The molecular weight excluding hydrogens is 309 g/mol. The topological polar surface area (TPSA) is 52.8 Å². The van der Waals surface area contributed by atoms with E-state index in [9.17, 15) is 13.2 Å². The zero-order chi connectivity index (χ0) is 15.6. The zero-order valence-corrected chi connectivity index (χ0v) is 12.2. The van der Waals surface area contributed by atoms with Crippen molar-refractivity contribution in [3.63, 3.8) is 0 Å². The van der Waals surface area contributed by atoms with Crippen molar-refractivity contribution in [2.24, 2.45) is 0 Å². The lowest BCUT2D eigenvalue weighted by molar-refractivity contribution is -0.135. The SMILES string of the molecule is COc1ncnc2c1nc(C(C)Cl)n2CCCC(F)(F)F. The predicted octanol–water partition coefficient (Wildman–Crippen LogP) is 3.48. The van der Waals surface area contributed by atoms with Crippen LogP contribution in [0.25, 0.3) is 11.2 Å². The van der Waals surface area contributed by atoms with E-state index >= 15 is 0 Å². The van der Waals surface area contributed by atoms with Gasteiger partial charge in [-0.05, 0) is 13.3 Å². The summed E-state index contributed by atoms with van der Waals surface area (Å²) in [6.45, 7) is 1.82. The Labute approximate surface area is 124 Å². The first-order chi connectivity index (χ1) is 9.83. The van der Waals surface area contributed by atoms with E-state index in [0.717, 1.165) is 0 Å². The van der Waals surface area contributed by atoms with Gasteiger partial charge in [0.1, 0.15) is 12.2 Å². The Hall–Kier alpha value is -1.57. The third-order valence-corrected chi connectivity index (χ3v) is 3.11. The number of methoxy groups -OCH3 is 1. The smallest absolute Gasteiger partial charge is 0.389 e. The average Bonchev–Trinajstić information content (AvgIpc) is 2.76. The van der Waals surface area contributed by atoms with Crippen LogP contribution >= 0.6 is 11.6 Å². The van der Waals surface area contributed by atoms with Gasteiger partial charge >= 0.3 is 6.18 Å². The van der Waals surface area contributed by atoms with Crippen molar-refractivity contribution in [1.82, 2.24) is 19.5 Å². The van der Waals surface area contributed by atoms with Gasteiger partial charge in [0, 0.05) is 13.0 Å². The number of fused-ring (bicyclic) bond motifs is 1. The maximum atomic E-state index is 12.3. The van der Waals surface area contributed by atoms with Crippen LogP contribution in [0, 0.1) is 0 Å². The number of hydrogen-bond acceptors (Lipinski definition) is 4. The van der Waals surface area contributed by atoms with Crippen molar-refractivity contribution in [2.75, 3.05) is 7.11 Å². The van der Waals surface area contributed by atoms with Gasteiger partial charge in [0.15, 0.2) is 11.2 Å². The van der Waals surface area contributed by atoms with Crippen LogP contribution in [-0.4, -0.2) is 32.8 Å². The third kappa shape index (κ3) is 3.55. The summed E-state index contributed by atoms with van der Waals surface area (Å²) in [5.74, 6) is 0.723. The number of aryl methyl sites for hydroxylation is 1. The minimum absolute atomic E-state index is 0.0715. The Balaban J connectivity index is 2.38. The molecule has 0 fully saturated rings. The third-order valence-electron chi connectivity index (χ3n) is 2.92. The molecule has 0 saturated carbocycles. The molecule has 0 amide bonds. The number of halogens is 4. The molecule has 0 aliphatic rings. The predicted molar refractivity (Wildman–Crippen MR) is 71.4 cm³/mol. The Morgan fingerprint density at radius 1 is 1.38 bits per heavy atom. The molecule has 0 aromatic carbocycles. The summed E-state index contributed by atoms with van der Waals surface area (Å²) in [6.07, 6.45) is -3.84. The highest BCUT2D eigenvalue weighted by Crippen LogP contribution is 2.29. The first-order valence-electron chi connectivity index (χ1n) is 6.29. The summed E-state index contributed by atoms with van der Waals surface area (Å²) in [4.78, 5) is 12.3. The summed E-state index contributed by atoms with van der Waals surface area (Å²) >= 11 is 6.05. The Morgan fingerprint density at radius 3 is 2.67 bits per heavy atom. The molecule has 1 unspecified atom stereocenters. The van der Waals surface area contributed by atoms with Crippen LogP contribution < -0.4 is 4.74 Å². The lowest BCUT2D eigenvalue weighted by Crippen LogP contribution is -2.11. The van der Waals surface area contributed by atoms with Gasteiger partial charge in [-0.25, -0.2) is 9.97 Å². The summed E-state index contributed by atoms with van der Waals surface area (Å²) in [6, 6.07) is 0. The number of hydrogen-bond donors (Lipinski definition) is 0. The summed E-state index contributed by atoms with van der Waals surface area (Å²) in [5.41, 5.74) is 0.820. The number of rotatable bonds is 5. The second-order valence-electron chi connectivity index (χ2n) is 4.51. The number of alkyl halides is 4. The number of nitrogens with zero attached hydrogens (tertiary/aromatic N) is 4. The average molecular weight is 323 g/mol. The van der Waals surface area contributed by atoms with Gasteiger partial charge in [0.05, 0.1) is 12.5 Å². The molecule has 0 aliphatic carbocycles. The van der Waals surface area contributed by atoms with E-state index in [4.69, 9.17) is 16.3 Å². The summed E-state index contributed by atoms with van der Waals surface area (Å²) in [7, 11) is 1.44. The lowest BCUT2D eigenvalue weighted by atomic mass is 10.3. The van der Waals surface area contributed by atoms with Gasteiger partial charge in [-0.2, -0.15) is 18.2 Å². The van der Waals surface area contributed by atoms with E-state index in [1.807, 2.05) is 0 Å².